The second kappa shape index (κ2) is 18.2. The Hall–Kier alpha value is -3.13. The first kappa shape index (κ1) is 34.9. The van der Waals surface area contributed by atoms with E-state index in [4.69, 9.17) is 19.9 Å². The van der Waals surface area contributed by atoms with E-state index < -0.39 is 17.3 Å². The lowest BCUT2D eigenvalue weighted by molar-refractivity contribution is -0.151. The van der Waals surface area contributed by atoms with Crippen molar-refractivity contribution < 1.29 is 28.6 Å². The third kappa shape index (κ3) is 20.0. The summed E-state index contributed by atoms with van der Waals surface area (Å²) in [5.74, 6) is -0.660. The topological polar surface area (TPSA) is 117 Å². The molecule has 0 fully saturated rings. The summed E-state index contributed by atoms with van der Waals surface area (Å²) in [6.07, 6.45) is 4.09. The number of hydrogen-bond donors (Lipinski definition) is 2. The van der Waals surface area contributed by atoms with Crippen molar-refractivity contribution in [2.24, 2.45) is 5.73 Å². The number of nitrogens with two attached hydrogens (primary N) is 1. The molecule has 0 aliphatic rings. The average Bonchev–Trinajstić information content (AvgIpc) is 2.81. The first-order chi connectivity index (χ1) is 17.6. The Kier molecular flexibility index (Phi) is 16.7. The Morgan fingerprint density at radius 3 is 1.71 bits per heavy atom. The molecule has 0 heterocycles. The van der Waals surface area contributed by atoms with Crippen LogP contribution in [0.1, 0.15) is 85.6 Å². The molecule has 1 rings (SSSR count). The zero-order chi connectivity index (χ0) is 29.2. The van der Waals surface area contributed by atoms with Crippen molar-refractivity contribution in [2.75, 3.05) is 13.1 Å². The molecule has 0 aromatic heterocycles. The summed E-state index contributed by atoms with van der Waals surface area (Å²) in [7, 11) is 0. The average molecular weight is 533 g/mol. The van der Waals surface area contributed by atoms with Gasteiger partial charge in [-0.15, -0.1) is 0 Å². The van der Waals surface area contributed by atoms with Gasteiger partial charge in [0.05, 0.1) is 0 Å². The van der Waals surface area contributed by atoms with E-state index in [1.54, 1.807) is 0 Å². The smallest absolute Gasteiger partial charge is 0.407 e. The molecular formula is C30H48N2O6. The number of alkyl carbamates (subject to hydrolysis) is 1. The van der Waals surface area contributed by atoms with Crippen LogP contribution in [-0.2, 0) is 30.4 Å². The highest BCUT2D eigenvalue weighted by molar-refractivity contribution is 5.88. The number of benzene rings is 1. The van der Waals surface area contributed by atoms with Crippen molar-refractivity contribution in [2.45, 2.75) is 97.9 Å². The molecule has 0 aliphatic carbocycles. The van der Waals surface area contributed by atoms with Crippen molar-refractivity contribution in [3.05, 3.63) is 60.2 Å². The van der Waals surface area contributed by atoms with Crippen LogP contribution in [0.15, 0.2) is 54.6 Å². The van der Waals surface area contributed by atoms with Gasteiger partial charge in [-0.2, -0.15) is 0 Å². The summed E-state index contributed by atoms with van der Waals surface area (Å²) >= 11 is 0. The molecular weight excluding hydrogens is 484 g/mol. The van der Waals surface area contributed by atoms with Gasteiger partial charge in [0.1, 0.15) is 17.8 Å². The van der Waals surface area contributed by atoms with E-state index >= 15 is 0 Å². The van der Waals surface area contributed by atoms with E-state index in [2.05, 4.69) is 18.5 Å². The highest BCUT2D eigenvalue weighted by Gasteiger charge is 2.19. The molecule has 0 saturated heterocycles. The van der Waals surface area contributed by atoms with Gasteiger partial charge in [-0.25, -0.2) is 14.4 Å². The van der Waals surface area contributed by atoms with Gasteiger partial charge in [0, 0.05) is 17.7 Å². The molecule has 0 spiro atoms. The quantitative estimate of drug-likeness (QED) is 0.139. The number of esters is 2. The minimum atomic E-state index is -0.510. The minimum Gasteiger partial charge on any atom is -0.457 e. The van der Waals surface area contributed by atoms with Gasteiger partial charge < -0.3 is 25.3 Å². The van der Waals surface area contributed by atoms with E-state index in [0.717, 1.165) is 31.2 Å². The van der Waals surface area contributed by atoms with E-state index in [-0.39, 0.29) is 18.5 Å². The van der Waals surface area contributed by atoms with Crippen LogP contribution in [0.3, 0.4) is 0 Å². The molecule has 0 bridgehead atoms. The predicted octanol–water partition coefficient (Wildman–Crippen LogP) is 5.99. The largest absolute Gasteiger partial charge is 0.457 e. The third-order valence-corrected chi connectivity index (χ3v) is 4.70. The first-order valence-corrected chi connectivity index (χ1v) is 13.1. The van der Waals surface area contributed by atoms with E-state index in [1.165, 1.54) is 0 Å². The van der Waals surface area contributed by atoms with Crippen molar-refractivity contribution in [1.29, 1.82) is 0 Å². The van der Waals surface area contributed by atoms with Crippen molar-refractivity contribution in [3.63, 3.8) is 0 Å². The summed E-state index contributed by atoms with van der Waals surface area (Å²) in [5, 5.41) is 2.69. The molecule has 0 atom stereocenters. The molecule has 8 nitrogen and oxygen atoms in total. The fraction of sp³-hybridized carbons (Fsp3) is 0.567. The Bertz CT molecular complexity index is 882. The molecule has 0 saturated carbocycles. The maximum Gasteiger partial charge on any atom is 0.407 e. The predicted molar refractivity (Wildman–Crippen MR) is 151 cm³/mol. The highest BCUT2D eigenvalue weighted by atomic mass is 16.6. The van der Waals surface area contributed by atoms with Crippen LogP contribution in [0.4, 0.5) is 4.79 Å². The lowest BCUT2D eigenvalue weighted by Gasteiger charge is -2.20. The molecule has 38 heavy (non-hydrogen) atoms. The van der Waals surface area contributed by atoms with Gasteiger partial charge in [-0.3, -0.25) is 0 Å². The number of hydrogen-bond acceptors (Lipinski definition) is 7. The molecule has 1 amide bonds. The molecule has 3 N–H and O–H groups in total. The van der Waals surface area contributed by atoms with Crippen molar-refractivity contribution >= 4 is 18.0 Å². The lowest BCUT2D eigenvalue weighted by Crippen LogP contribution is -2.25. The number of nitrogens with one attached hydrogen (secondary N) is 1. The number of amides is 1. The van der Waals surface area contributed by atoms with Gasteiger partial charge in [-0.05, 0) is 92.2 Å². The second-order valence-corrected chi connectivity index (χ2v) is 10.9. The minimum absolute atomic E-state index is 0.252. The number of unbranched alkanes of at least 4 members (excludes halogenated alkanes) is 2. The van der Waals surface area contributed by atoms with Crippen molar-refractivity contribution in [3.8, 4) is 0 Å². The van der Waals surface area contributed by atoms with E-state index in [9.17, 15) is 14.4 Å². The lowest BCUT2D eigenvalue weighted by atomic mass is 10.1. The third-order valence-electron chi connectivity index (χ3n) is 4.70. The zero-order valence-electron chi connectivity index (χ0n) is 24.2. The van der Waals surface area contributed by atoms with Crippen LogP contribution in [0, 0.1) is 0 Å². The maximum absolute atomic E-state index is 11.7. The van der Waals surface area contributed by atoms with Gasteiger partial charge in [-0.1, -0.05) is 43.5 Å². The number of carbonyl (C=O) groups is 3. The maximum atomic E-state index is 11.7. The van der Waals surface area contributed by atoms with Crippen LogP contribution in [0.2, 0.25) is 0 Å². The molecule has 1 aromatic rings. The fourth-order valence-corrected chi connectivity index (χ4v) is 2.82. The summed E-state index contributed by atoms with van der Waals surface area (Å²) < 4.78 is 15.5. The van der Waals surface area contributed by atoms with Gasteiger partial charge in [0.25, 0.3) is 0 Å². The SMILES string of the molecule is C=C(CCCCN)C(=O)OC(C)(C)C.C=C(CCCCNC(=O)OCc1ccccc1)C(=O)OC(C)(C)C. The summed E-state index contributed by atoms with van der Waals surface area (Å²) in [4.78, 5) is 34.7. The fourth-order valence-electron chi connectivity index (χ4n) is 2.82. The van der Waals surface area contributed by atoms with Crippen LogP contribution >= 0.6 is 0 Å². The number of rotatable bonds is 13. The van der Waals surface area contributed by atoms with Crippen LogP contribution in [-0.4, -0.2) is 42.3 Å². The Balaban J connectivity index is 0.000000835. The number of carbonyl (C=O) groups excluding carboxylic acids is 3. The van der Waals surface area contributed by atoms with Crippen LogP contribution in [0.25, 0.3) is 0 Å². The van der Waals surface area contributed by atoms with Gasteiger partial charge in [0.2, 0.25) is 0 Å². The first-order valence-electron chi connectivity index (χ1n) is 13.1. The normalized spacial score (nSPS) is 10.9. The molecule has 1 aromatic carbocycles. The van der Waals surface area contributed by atoms with E-state index in [1.807, 2.05) is 71.9 Å². The molecule has 0 radical (unpaired) electrons. The van der Waals surface area contributed by atoms with Gasteiger partial charge >= 0.3 is 18.0 Å². The Morgan fingerprint density at radius 2 is 1.26 bits per heavy atom. The summed E-state index contributed by atoms with van der Waals surface area (Å²) in [6, 6.07) is 9.50. The van der Waals surface area contributed by atoms with E-state index in [0.29, 0.717) is 37.1 Å². The highest BCUT2D eigenvalue weighted by Crippen LogP contribution is 2.14. The monoisotopic (exact) mass is 532 g/mol. The summed E-state index contributed by atoms with van der Waals surface area (Å²) in [5.41, 5.74) is 6.34. The standard InChI is InChI=1S/C19H27NO4.C11H21NO2/c1-15(17(21)24-19(2,3)4)10-8-9-13-20-18(22)23-14-16-11-6-5-7-12-16;1-9(7-5-6-8-12)10(13)14-11(2,3)4/h5-7,11-12H,1,8-10,13-14H2,2-4H3,(H,20,22);1,5-8,12H2,2-4H3. The zero-order valence-corrected chi connectivity index (χ0v) is 24.2. The molecule has 214 valence electrons. The molecule has 0 aliphatic heterocycles. The van der Waals surface area contributed by atoms with Crippen molar-refractivity contribution in [1.82, 2.24) is 5.32 Å². The number of ether oxygens (including phenoxy) is 3. The Labute approximate surface area is 229 Å². The second-order valence-electron chi connectivity index (χ2n) is 10.9. The molecule has 8 heteroatoms. The van der Waals surface area contributed by atoms with Gasteiger partial charge in [0.15, 0.2) is 0 Å². The van der Waals surface area contributed by atoms with Crippen LogP contribution in [0.5, 0.6) is 0 Å². The Morgan fingerprint density at radius 1 is 0.789 bits per heavy atom. The summed E-state index contributed by atoms with van der Waals surface area (Å²) in [6.45, 7) is 19.8. The van der Waals surface area contributed by atoms with Crippen LogP contribution < -0.4 is 11.1 Å². The molecule has 0 unspecified atom stereocenters.